The zero-order valence-corrected chi connectivity index (χ0v) is 68.4. The number of benzene rings is 11. The van der Waals surface area contributed by atoms with Crippen molar-refractivity contribution in [3.63, 3.8) is 0 Å². The van der Waals surface area contributed by atoms with Crippen molar-refractivity contribution in [1.82, 2.24) is 61.6 Å². The van der Waals surface area contributed by atoms with E-state index in [1.165, 1.54) is 84.9 Å². The highest BCUT2D eigenvalue weighted by atomic mass is 19.1. The van der Waals surface area contributed by atoms with Crippen LogP contribution in [-0.2, 0) is 4.79 Å². The fourth-order valence-electron chi connectivity index (χ4n) is 13.3. The number of nitrogens with zero attached hydrogens (tertiary/aromatic N) is 6. The predicted molar refractivity (Wildman–Crippen MR) is 480 cm³/mol. The van der Waals surface area contributed by atoms with Crippen LogP contribution in [0.5, 0.6) is 28.7 Å². The molecule has 11 aromatic carbocycles. The minimum absolute atomic E-state index is 0.0572. The maximum absolute atomic E-state index is 13.2. The van der Waals surface area contributed by atoms with Crippen molar-refractivity contribution in [1.29, 1.82) is 5.26 Å². The van der Waals surface area contributed by atoms with Gasteiger partial charge in [-0.3, -0.25) is 44.7 Å². The lowest BCUT2D eigenvalue weighted by molar-refractivity contribution is -0.119. The smallest absolute Gasteiger partial charge is 0.339 e. The van der Waals surface area contributed by atoms with Gasteiger partial charge in [-0.15, -0.1) is 0 Å². The third kappa shape index (κ3) is 21.2. The fourth-order valence-corrected chi connectivity index (χ4v) is 13.3. The maximum Gasteiger partial charge on any atom is 0.339 e. The van der Waals surface area contributed by atoms with E-state index in [0.717, 1.165) is 44.2 Å². The average Bonchev–Trinajstić information content (AvgIpc) is 1.61. The monoisotopic (exact) mass is 1690 g/mol. The molecule has 0 aliphatic heterocycles. The summed E-state index contributed by atoms with van der Waals surface area (Å²) in [7, 11) is 7.41. The van der Waals surface area contributed by atoms with E-state index in [-0.39, 0.29) is 46.8 Å². The van der Waals surface area contributed by atoms with Crippen LogP contribution >= 0.6 is 0 Å². The predicted octanol–water partition coefficient (Wildman–Crippen LogP) is 16.9. The summed E-state index contributed by atoms with van der Waals surface area (Å²) in [5.74, 6) is -2.09. The van der Waals surface area contributed by atoms with Gasteiger partial charge in [-0.05, 0) is 168 Å². The number of primary amides is 2. The molecule has 2 atom stereocenters. The summed E-state index contributed by atoms with van der Waals surface area (Å²) in [6.07, 6.45) is 18.1. The number of halogens is 3. The Labute approximate surface area is 718 Å². The zero-order chi connectivity index (χ0) is 89.3. The summed E-state index contributed by atoms with van der Waals surface area (Å²) in [6, 6.07) is 65.1. The average molecular weight is 1690 g/mol. The van der Waals surface area contributed by atoms with Gasteiger partial charge in [0.1, 0.15) is 63.9 Å². The first kappa shape index (κ1) is 88.3. The highest BCUT2D eigenvalue weighted by molar-refractivity contribution is 6.09. The molecule has 0 unspecified atom stereocenters. The second-order valence-corrected chi connectivity index (χ2v) is 27.5. The zero-order valence-electron chi connectivity index (χ0n) is 68.4. The van der Waals surface area contributed by atoms with E-state index in [1.807, 2.05) is 115 Å². The molecule has 0 saturated carbocycles. The first-order valence-corrected chi connectivity index (χ1v) is 38.7. The van der Waals surface area contributed by atoms with Gasteiger partial charge >= 0.3 is 5.97 Å². The number of nitrogens with two attached hydrogens (primary N) is 2. The van der Waals surface area contributed by atoms with Crippen LogP contribution in [0.1, 0.15) is 122 Å². The van der Waals surface area contributed by atoms with Crippen LogP contribution in [0.25, 0.3) is 115 Å². The second-order valence-electron chi connectivity index (χ2n) is 27.5. The summed E-state index contributed by atoms with van der Waals surface area (Å²) in [6.45, 7) is 1.31. The first-order chi connectivity index (χ1) is 61.1. The van der Waals surface area contributed by atoms with E-state index < -0.39 is 35.8 Å². The van der Waals surface area contributed by atoms with Crippen molar-refractivity contribution in [3.05, 3.63) is 332 Å². The number of nitrogens with one attached hydrogen (secondary N) is 7. The Morgan fingerprint density at radius 1 is 0.413 bits per heavy atom. The Morgan fingerprint density at radius 2 is 0.770 bits per heavy atom. The number of aliphatic hydroxyl groups excluding tert-OH is 1. The molecule has 13 N–H and O–H groups in total. The van der Waals surface area contributed by atoms with E-state index in [2.05, 4.69) is 67.7 Å². The molecule has 16 aromatic rings. The molecule has 5 heterocycles. The van der Waals surface area contributed by atoms with Crippen molar-refractivity contribution in [3.8, 4) is 34.8 Å². The number of hydrogen-bond donors (Lipinski definition) is 11. The van der Waals surface area contributed by atoms with Gasteiger partial charge in [0, 0.05) is 0 Å². The molecule has 0 fully saturated rings. The minimum atomic E-state index is -1.08. The summed E-state index contributed by atoms with van der Waals surface area (Å²) in [4.78, 5) is 59.7. The molecule has 16 rings (SSSR count). The molecule has 0 radical (unpaired) electrons. The van der Waals surface area contributed by atoms with Crippen LogP contribution in [0.15, 0.2) is 224 Å². The number of amides is 4. The van der Waals surface area contributed by atoms with Crippen LogP contribution in [0.4, 0.5) is 13.2 Å². The molecule has 126 heavy (non-hydrogen) atoms. The van der Waals surface area contributed by atoms with E-state index >= 15 is 0 Å². The van der Waals surface area contributed by atoms with Crippen LogP contribution in [0.2, 0.25) is 0 Å². The van der Waals surface area contributed by atoms with Crippen molar-refractivity contribution in [2.45, 2.75) is 19.0 Å². The van der Waals surface area contributed by atoms with Crippen molar-refractivity contribution in [2.75, 3.05) is 42.2 Å². The molecule has 30 heteroatoms. The topological polar surface area (TPSA) is 415 Å². The largest absolute Gasteiger partial charge is 0.495 e. The molecule has 5 aromatic heterocycles. The molecule has 634 valence electrons. The number of rotatable bonds is 24. The van der Waals surface area contributed by atoms with Crippen molar-refractivity contribution >= 4 is 145 Å². The highest BCUT2D eigenvalue weighted by Gasteiger charge is 2.26. The Balaban J connectivity index is 0.000000144. The van der Waals surface area contributed by atoms with Crippen LogP contribution in [-0.4, -0.2) is 139 Å². The number of carboxylic acids is 1. The number of nitriles is 1. The van der Waals surface area contributed by atoms with Gasteiger partial charge in [0.2, 0.25) is 5.91 Å². The Kier molecular flexibility index (Phi) is 29.3. The lowest BCUT2D eigenvalue weighted by Crippen LogP contribution is -2.42. The molecular formula is C96H82F3N15O12. The molecule has 0 spiro atoms. The molecule has 4 amide bonds. The number of aromatic amines is 5. The summed E-state index contributed by atoms with van der Waals surface area (Å²) in [5, 5.41) is 72.7. The number of aromatic carboxylic acids is 1. The van der Waals surface area contributed by atoms with Gasteiger partial charge < -0.3 is 56.0 Å². The molecule has 0 aliphatic rings. The number of aliphatic hydroxyl groups is 1. The van der Waals surface area contributed by atoms with Crippen LogP contribution in [0.3, 0.4) is 0 Å². The Bertz CT molecular complexity index is 6680. The number of methoxy groups -OCH3 is 5. The van der Waals surface area contributed by atoms with Gasteiger partial charge in [-0.2, -0.15) is 30.8 Å². The van der Waals surface area contributed by atoms with Gasteiger partial charge in [-0.1, -0.05) is 158 Å². The fraction of sp³-hybridized carbons (Fsp3) is 0.0938. The number of hydrogen-bond acceptors (Lipinski definition) is 17. The summed E-state index contributed by atoms with van der Waals surface area (Å²) < 4.78 is 66.7. The standard InChI is InChI=1S/C25H23N3O3.C20H20N4O3.C17H14FN3O2.C17H12FN3O.C17H13FN2O3/c1-31-24-19(25(30)26-22(16-29)18-10-6-3-7-11-18)13-15-21-23(24)20(27-28-21)14-12-17-8-4-2-5-9-17;1-12(19(21)25)22-20(26)14-9-11-16-17(18(14)27-2)15(23-24-16)10-8-13-6-4-3-5-7-13;1-23-16-12(17(19)22)6-8-14-15(16)13(20-21-14)7-5-10-3-2-4-11(18)9-10;1-22-17-12(10-19)6-8-15-16(17)14(20-21-15)7-5-11-3-2-4-13(18)9-11;1-23-16-12(17(21)22)6-8-14-15(16)13(19-20-14)7-5-10-3-2-4-11(18)9-10/h2-15,22,29H,16H2,1H3,(H,26,30)(H,27,28);3-12H,1-2H3,(H2,21,25)(H,22,26)(H,23,24);2-9H,1H3,(H2,19,22)(H,20,21);2-9H,1H3,(H,20,21);2-9H,1H3,(H,19,20)(H,21,22)/b14-12+;10-8+;3*7-5+/t22-;12-;;;/m10.../s1. The number of carbonyl (C=O) groups excluding carboxylic acids is 4. The lowest BCUT2D eigenvalue weighted by atomic mass is 10.0. The Hall–Kier alpha value is -16.9. The molecule has 0 bridgehead atoms. The summed E-state index contributed by atoms with van der Waals surface area (Å²) in [5.41, 5.74) is 23.7. The normalized spacial score (nSPS) is 11.6. The Morgan fingerprint density at radius 3 is 1.14 bits per heavy atom. The summed E-state index contributed by atoms with van der Waals surface area (Å²) >= 11 is 0. The molecule has 0 saturated heterocycles. The van der Waals surface area contributed by atoms with E-state index in [0.29, 0.717) is 112 Å². The quantitative estimate of drug-likeness (QED) is 0.0268. The van der Waals surface area contributed by atoms with Gasteiger partial charge in [0.15, 0.2) is 0 Å². The van der Waals surface area contributed by atoms with E-state index in [9.17, 15) is 47.4 Å². The third-order valence-electron chi connectivity index (χ3n) is 19.5. The molecular weight excluding hydrogens is 1610 g/mol. The number of aromatic nitrogens is 10. The minimum Gasteiger partial charge on any atom is -0.495 e. The van der Waals surface area contributed by atoms with Crippen LogP contribution < -0.4 is 45.8 Å². The SMILES string of the molecule is COc1c(C#N)ccc2[nH]nc(/C=C/c3cccc(F)c3)c12.COc1c(C(=O)N[C@@H](C)C(N)=O)ccc2n[nH]c(/C=C/c3ccccc3)c12.COc1c(C(=O)N[C@H](CO)c2ccccc2)ccc2n[nH]c(/C=C/c3ccccc3)c12.COc1c(C(=O)O)ccc2n[nH]c(/C=C/c3cccc(F)c3)c12.COc1c(C(N)=O)ccc2n[nH]c(/C=C/c3cccc(F)c3)c12. The highest BCUT2D eigenvalue weighted by Crippen LogP contribution is 2.38. The first-order valence-electron chi connectivity index (χ1n) is 38.7. The molecule has 27 nitrogen and oxygen atoms in total. The van der Waals surface area contributed by atoms with E-state index in [1.54, 1.807) is 127 Å². The number of ether oxygens (including phenoxy) is 5. The van der Waals surface area contributed by atoms with Crippen LogP contribution in [0, 0.1) is 28.8 Å². The molecule has 0 aliphatic carbocycles. The van der Waals surface area contributed by atoms with Crippen molar-refractivity contribution < 1.29 is 71.0 Å². The van der Waals surface area contributed by atoms with Gasteiger partial charge in [-0.25, -0.2) is 18.0 Å². The number of fused-ring (bicyclic) bond motifs is 5. The van der Waals surface area contributed by atoms with Crippen molar-refractivity contribution in [2.24, 2.45) is 11.5 Å². The lowest BCUT2D eigenvalue weighted by Gasteiger charge is -2.18. The number of carbonyl (C=O) groups is 5. The van der Waals surface area contributed by atoms with Gasteiger partial charge in [0.25, 0.3) is 17.7 Å². The van der Waals surface area contributed by atoms with E-state index in [4.69, 9.17) is 40.4 Å². The number of carboxylic acid groups (broad SMARTS) is 1. The maximum atomic E-state index is 13.2. The second kappa shape index (κ2) is 41.8. The number of H-pyrrole nitrogens is 5. The van der Waals surface area contributed by atoms with Gasteiger partial charge in [0.05, 0.1) is 153 Å². The third-order valence-corrected chi connectivity index (χ3v) is 19.5.